The van der Waals surface area contributed by atoms with Crippen molar-refractivity contribution in [3.05, 3.63) is 54.0 Å². The topological polar surface area (TPSA) is 48.7 Å². The van der Waals surface area contributed by atoms with Crippen LogP contribution in [0, 0.1) is 6.92 Å². The molecule has 1 aliphatic rings. The Kier molecular flexibility index (Phi) is 5.33. The molecule has 2 aromatic rings. The van der Waals surface area contributed by atoms with Gasteiger partial charge in [-0.3, -0.25) is 14.6 Å². The van der Waals surface area contributed by atoms with Crippen molar-refractivity contribution in [1.82, 2.24) is 9.80 Å². The molecule has 24 heavy (non-hydrogen) atoms. The van der Waals surface area contributed by atoms with Crippen LogP contribution < -0.4 is 5.32 Å². The Morgan fingerprint density at radius 3 is 2.58 bits per heavy atom. The van der Waals surface area contributed by atoms with E-state index in [1.165, 1.54) is 0 Å². The normalized spacial score (nSPS) is 17.6. The average molecular weight is 327 g/mol. The van der Waals surface area contributed by atoms with Crippen LogP contribution in [0.15, 0.2) is 47.1 Å². The van der Waals surface area contributed by atoms with Gasteiger partial charge >= 0.3 is 0 Å². The summed E-state index contributed by atoms with van der Waals surface area (Å²) in [7, 11) is 0. The molecule has 0 bridgehead atoms. The second kappa shape index (κ2) is 7.64. The predicted octanol–water partition coefficient (Wildman–Crippen LogP) is 2.73. The monoisotopic (exact) mass is 327 g/mol. The summed E-state index contributed by atoms with van der Waals surface area (Å²) in [6, 6.07) is 11.7. The maximum Gasteiger partial charge on any atom is 0.241 e. The van der Waals surface area contributed by atoms with Gasteiger partial charge in [0.05, 0.1) is 18.8 Å². The van der Waals surface area contributed by atoms with Crippen molar-refractivity contribution >= 4 is 11.6 Å². The van der Waals surface area contributed by atoms with E-state index in [4.69, 9.17) is 4.42 Å². The predicted molar refractivity (Wildman–Crippen MR) is 94.8 cm³/mol. The van der Waals surface area contributed by atoms with Gasteiger partial charge < -0.3 is 9.73 Å². The van der Waals surface area contributed by atoms with Gasteiger partial charge in [0, 0.05) is 31.9 Å². The van der Waals surface area contributed by atoms with Crippen LogP contribution in [0.5, 0.6) is 0 Å². The van der Waals surface area contributed by atoms with Gasteiger partial charge in [0.2, 0.25) is 5.91 Å². The van der Waals surface area contributed by atoms with E-state index in [2.05, 4.69) is 15.1 Å². The molecule has 5 nitrogen and oxygen atoms in total. The van der Waals surface area contributed by atoms with Crippen molar-refractivity contribution in [2.24, 2.45) is 0 Å². The summed E-state index contributed by atoms with van der Waals surface area (Å²) in [4.78, 5) is 17.1. The number of benzene rings is 1. The highest BCUT2D eigenvalue weighted by Crippen LogP contribution is 2.16. The Bertz CT molecular complexity index is 661. The molecule has 0 radical (unpaired) electrons. The van der Waals surface area contributed by atoms with Gasteiger partial charge in [0.25, 0.3) is 0 Å². The van der Waals surface area contributed by atoms with E-state index in [-0.39, 0.29) is 11.9 Å². The van der Waals surface area contributed by atoms with Crippen LogP contribution in [0.1, 0.15) is 18.2 Å². The highest BCUT2D eigenvalue weighted by molar-refractivity contribution is 5.95. The van der Waals surface area contributed by atoms with E-state index in [0.717, 1.165) is 49.7 Å². The van der Waals surface area contributed by atoms with E-state index >= 15 is 0 Å². The standard InChI is InChI=1S/C19H25N3O2/c1-15-6-3-4-8-18(15)20-19(23)16(2)22-11-9-21(10-12-22)14-17-7-5-13-24-17/h3-8,13,16H,9-12,14H2,1-2H3,(H,20,23)/t16-/m0/s1. The lowest BCUT2D eigenvalue weighted by atomic mass is 10.1. The van der Waals surface area contributed by atoms with Crippen LogP contribution in [0.4, 0.5) is 5.69 Å². The summed E-state index contributed by atoms with van der Waals surface area (Å²) in [6.07, 6.45) is 1.71. The summed E-state index contributed by atoms with van der Waals surface area (Å²) < 4.78 is 5.41. The molecule has 0 unspecified atom stereocenters. The maximum atomic E-state index is 12.5. The smallest absolute Gasteiger partial charge is 0.241 e. The summed E-state index contributed by atoms with van der Waals surface area (Å²) in [5.41, 5.74) is 1.98. The van der Waals surface area contributed by atoms with Crippen molar-refractivity contribution < 1.29 is 9.21 Å². The van der Waals surface area contributed by atoms with Crippen LogP contribution in [-0.2, 0) is 11.3 Å². The quantitative estimate of drug-likeness (QED) is 0.917. The SMILES string of the molecule is Cc1ccccc1NC(=O)[C@H](C)N1CCN(Cc2ccco2)CC1. The molecular formula is C19H25N3O2. The Labute approximate surface area is 143 Å². The zero-order valence-electron chi connectivity index (χ0n) is 14.4. The molecule has 3 rings (SSSR count). The Balaban J connectivity index is 1.50. The second-order valence-corrected chi connectivity index (χ2v) is 6.37. The first-order chi connectivity index (χ1) is 11.6. The van der Waals surface area contributed by atoms with Crippen molar-refractivity contribution in [3.8, 4) is 0 Å². The van der Waals surface area contributed by atoms with E-state index in [9.17, 15) is 4.79 Å². The van der Waals surface area contributed by atoms with Crippen molar-refractivity contribution in [3.63, 3.8) is 0 Å². The zero-order chi connectivity index (χ0) is 16.9. The molecule has 1 saturated heterocycles. The fourth-order valence-corrected chi connectivity index (χ4v) is 3.05. The largest absolute Gasteiger partial charge is 0.468 e. The number of nitrogens with zero attached hydrogens (tertiary/aromatic N) is 2. The van der Waals surface area contributed by atoms with Crippen molar-refractivity contribution in [2.75, 3.05) is 31.5 Å². The number of amides is 1. The Morgan fingerprint density at radius 2 is 1.92 bits per heavy atom. The fraction of sp³-hybridized carbons (Fsp3) is 0.421. The molecule has 0 spiro atoms. The van der Waals surface area contributed by atoms with Gasteiger partial charge in [0.15, 0.2) is 0 Å². The number of carbonyl (C=O) groups excluding carboxylic acids is 1. The van der Waals surface area contributed by atoms with Gasteiger partial charge in [-0.15, -0.1) is 0 Å². The summed E-state index contributed by atoms with van der Waals surface area (Å²) >= 11 is 0. The van der Waals surface area contributed by atoms with E-state index in [1.54, 1.807) is 6.26 Å². The van der Waals surface area contributed by atoms with Gasteiger partial charge in [-0.1, -0.05) is 18.2 Å². The molecular weight excluding hydrogens is 302 g/mol. The first-order valence-electron chi connectivity index (χ1n) is 8.49. The minimum absolute atomic E-state index is 0.0591. The zero-order valence-corrected chi connectivity index (χ0v) is 14.4. The third kappa shape index (κ3) is 4.04. The van der Waals surface area contributed by atoms with Crippen molar-refractivity contribution in [1.29, 1.82) is 0 Å². The molecule has 2 heterocycles. The molecule has 1 fully saturated rings. The average Bonchev–Trinajstić information content (AvgIpc) is 3.10. The summed E-state index contributed by atoms with van der Waals surface area (Å²) in [6.45, 7) is 8.51. The number of piperazine rings is 1. The number of aryl methyl sites for hydroxylation is 1. The van der Waals surface area contributed by atoms with Crippen molar-refractivity contribution in [2.45, 2.75) is 26.4 Å². The number of rotatable bonds is 5. The van der Waals surface area contributed by atoms with E-state index < -0.39 is 0 Å². The van der Waals surface area contributed by atoms with E-state index in [0.29, 0.717) is 0 Å². The highest BCUT2D eigenvalue weighted by atomic mass is 16.3. The van der Waals surface area contributed by atoms with Crippen LogP contribution in [0.2, 0.25) is 0 Å². The van der Waals surface area contributed by atoms with Crippen LogP contribution >= 0.6 is 0 Å². The lowest BCUT2D eigenvalue weighted by Crippen LogP contribution is -2.52. The molecule has 1 aromatic carbocycles. The van der Waals surface area contributed by atoms with Crippen LogP contribution in [0.3, 0.4) is 0 Å². The lowest BCUT2D eigenvalue weighted by molar-refractivity contribution is -0.121. The number of carbonyl (C=O) groups is 1. The van der Waals surface area contributed by atoms with E-state index in [1.807, 2.05) is 50.2 Å². The van der Waals surface area contributed by atoms with Crippen LogP contribution in [0.25, 0.3) is 0 Å². The number of anilines is 1. The number of hydrogen-bond donors (Lipinski definition) is 1. The third-order valence-corrected chi connectivity index (χ3v) is 4.70. The highest BCUT2D eigenvalue weighted by Gasteiger charge is 2.26. The second-order valence-electron chi connectivity index (χ2n) is 6.37. The van der Waals surface area contributed by atoms with Gasteiger partial charge in [-0.05, 0) is 37.6 Å². The first kappa shape index (κ1) is 16.7. The fourth-order valence-electron chi connectivity index (χ4n) is 3.05. The molecule has 128 valence electrons. The molecule has 0 aliphatic carbocycles. The molecule has 1 amide bonds. The van der Waals surface area contributed by atoms with Gasteiger partial charge in [0.1, 0.15) is 5.76 Å². The number of nitrogens with one attached hydrogen (secondary N) is 1. The molecule has 0 saturated carbocycles. The maximum absolute atomic E-state index is 12.5. The van der Waals surface area contributed by atoms with Gasteiger partial charge in [-0.2, -0.15) is 0 Å². The summed E-state index contributed by atoms with van der Waals surface area (Å²) in [5.74, 6) is 1.05. The molecule has 1 N–H and O–H groups in total. The molecule has 1 aromatic heterocycles. The minimum Gasteiger partial charge on any atom is -0.468 e. The molecule has 5 heteroatoms. The molecule has 1 atom stereocenters. The minimum atomic E-state index is -0.129. The molecule has 1 aliphatic heterocycles. The van der Waals surface area contributed by atoms with Crippen LogP contribution in [-0.4, -0.2) is 47.9 Å². The third-order valence-electron chi connectivity index (χ3n) is 4.70. The Morgan fingerprint density at radius 1 is 1.17 bits per heavy atom. The summed E-state index contributed by atoms with van der Waals surface area (Å²) in [5, 5.41) is 3.05. The lowest BCUT2D eigenvalue weighted by Gasteiger charge is -2.37. The first-order valence-corrected chi connectivity index (χ1v) is 8.49. The number of para-hydroxylation sites is 1. The number of hydrogen-bond acceptors (Lipinski definition) is 4. The number of furan rings is 1. The van der Waals surface area contributed by atoms with Gasteiger partial charge in [-0.25, -0.2) is 0 Å². The Hall–Kier alpha value is -2.11.